The molecule has 0 unspecified atom stereocenters. The number of hydrogen-bond acceptors (Lipinski definition) is 10. The van der Waals surface area contributed by atoms with Crippen molar-refractivity contribution in [3.63, 3.8) is 0 Å². The number of fused-ring (bicyclic) bond motifs is 1. The summed E-state index contributed by atoms with van der Waals surface area (Å²) < 4.78 is 39.9. The molecule has 186 valence electrons. The molecule has 0 aromatic heterocycles. The standard InChI is InChI=1S/C23H20N4O7S2/c1-4-36(30,31)23-26-27-19(24)16(20(28)25-22(27)35-23)11-13-5-10-17(18(12-13)33-3)34-21(29)14-6-8-15(32-2)9-7-14/h5-12,24H,4H2,1-3H3. The number of ether oxygens (including phenoxy) is 3. The van der Waals surface area contributed by atoms with Gasteiger partial charge < -0.3 is 14.2 Å². The number of thioether (sulfide) groups is 1. The molecular formula is C23H20N4O7S2. The molecule has 0 radical (unpaired) electrons. The molecular weight excluding hydrogens is 508 g/mol. The van der Waals surface area contributed by atoms with Gasteiger partial charge in [-0.2, -0.15) is 10.0 Å². The third-order valence-electron chi connectivity index (χ3n) is 5.11. The quantitative estimate of drug-likeness (QED) is 0.339. The number of amides is 1. The van der Waals surface area contributed by atoms with Crippen molar-refractivity contribution in [3.8, 4) is 17.2 Å². The first kappa shape index (κ1) is 25.1. The maximum absolute atomic E-state index is 12.6. The highest BCUT2D eigenvalue weighted by molar-refractivity contribution is 8.42. The lowest BCUT2D eigenvalue weighted by Crippen LogP contribution is -2.35. The van der Waals surface area contributed by atoms with E-state index in [2.05, 4.69) is 10.1 Å². The maximum atomic E-state index is 12.6. The molecule has 0 atom stereocenters. The second-order valence-corrected chi connectivity index (χ2v) is 10.7. The minimum atomic E-state index is -3.62. The summed E-state index contributed by atoms with van der Waals surface area (Å²) in [4.78, 5) is 29.0. The highest BCUT2D eigenvalue weighted by Gasteiger charge is 2.39. The van der Waals surface area contributed by atoms with E-state index >= 15 is 0 Å². The molecule has 2 aromatic carbocycles. The van der Waals surface area contributed by atoms with E-state index in [1.807, 2.05) is 0 Å². The molecule has 2 aliphatic rings. The number of nitrogens with one attached hydrogen (secondary N) is 1. The number of carbonyl (C=O) groups excluding carboxylic acids is 2. The van der Waals surface area contributed by atoms with E-state index in [1.54, 1.807) is 30.3 Å². The first-order chi connectivity index (χ1) is 17.2. The number of esters is 1. The Morgan fingerprint density at radius 2 is 1.83 bits per heavy atom. The molecule has 0 bridgehead atoms. The molecule has 0 fully saturated rings. The number of aliphatic imine (C=N–C) groups is 1. The van der Waals surface area contributed by atoms with Gasteiger partial charge in [0.05, 0.1) is 31.1 Å². The van der Waals surface area contributed by atoms with Crippen LogP contribution in [0.1, 0.15) is 22.8 Å². The van der Waals surface area contributed by atoms with Crippen LogP contribution in [0.3, 0.4) is 0 Å². The molecule has 2 aromatic rings. The van der Waals surface area contributed by atoms with Gasteiger partial charge in [0.2, 0.25) is 19.4 Å². The van der Waals surface area contributed by atoms with Crippen molar-refractivity contribution >= 4 is 54.9 Å². The van der Waals surface area contributed by atoms with Crippen LogP contribution < -0.4 is 14.2 Å². The molecule has 36 heavy (non-hydrogen) atoms. The van der Waals surface area contributed by atoms with E-state index in [-0.39, 0.29) is 38.2 Å². The molecule has 11 nitrogen and oxygen atoms in total. The number of nitrogens with zero attached hydrogens (tertiary/aromatic N) is 3. The molecule has 0 saturated heterocycles. The number of hydrogen-bond donors (Lipinski definition) is 1. The zero-order valence-electron chi connectivity index (χ0n) is 19.3. The molecule has 0 spiro atoms. The predicted octanol–water partition coefficient (Wildman–Crippen LogP) is 2.93. The normalized spacial score (nSPS) is 16.4. The number of amidine groups is 2. The van der Waals surface area contributed by atoms with Gasteiger partial charge in [-0.3, -0.25) is 10.2 Å². The van der Waals surface area contributed by atoms with Crippen LogP contribution in [0.2, 0.25) is 0 Å². The Morgan fingerprint density at radius 1 is 1.11 bits per heavy atom. The van der Waals surface area contributed by atoms with Crippen LogP contribution in [0, 0.1) is 5.41 Å². The van der Waals surface area contributed by atoms with Crippen LogP contribution in [0.15, 0.2) is 58.1 Å². The predicted molar refractivity (Wildman–Crippen MR) is 135 cm³/mol. The smallest absolute Gasteiger partial charge is 0.343 e. The average molecular weight is 529 g/mol. The van der Waals surface area contributed by atoms with Crippen LogP contribution in [-0.4, -0.2) is 60.7 Å². The summed E-state index contributed by atoms with van der Waals surface area (Å²) >= 11 is 0.729. The minimum absolute atomic E-state index is 0.00699. The number of benzene rings is 2. The number of sulfone groups is 1. The summed E-state index contributed by atoms with van der Waals surface area (Å²) in [6.45, 7) is 1.48. The Kier molecular flexibility index (Phi) is 6.95. The van der Waals surface area contributed by atoms with E-state index in [1.165, 1.54) is 39.4 Å². The van der Waals surface area contributed by atoms with Crippen LogP contribution in [0.4, 0.5) is 0 Å². The number of rotatable bonds is 6. The van der Waals surface area contributed by atoms with Crippen molar-refractivity contribution < 1.29 is 32.2 Å². The third-order valence-corrected chi connectivity index (χ3v) is 8.20. The molecule has 2 aliphatic heterocycles. The fourth-order valence-corrected chi connectivity index (χ4v) is 5.30. The summed E-state index contributed by atoms with van der Waals surface area (Å²) in [5, 5.41) is 13.4. The monoisotopic (exact) mass is 528 g/mol. The fourth-order valence-electron chi connectivity index (χ4n) is 3.13. The molecule has 4 rings (SSSR count). The zero-order valence-corrected chi connectivity index (χ0v) is 21.0. The Balaban J connectivity index is 1.58. The molecule has 1 amide bonds. The highest BCUT2D eigenvalue weighted by atomic mass is 32.3. The molecule has 2 heterocycles. The second-order valence-electron chi connectivity index (χ2n) is 7.32. The Morgan fingerprint density at radius 3 is 2.47 bits per heavy atom. The van der Waals surface area contributed by atoms with Crippen LogP contribution in [0.5, 0.6) is 17.2 Å². The van der Waals surface area contributed by atoms with Gasteiger partial charge in [-0.15, -0.1) is 5.10 Å². The largest absolute Gasteiger partial charge is 0.497 e. The van der Waals surface area contributed by atoms with E-state index in [4.69, 9.17) is 19.6 Å². The highest BCUT2D eigenvalue weighted by Crippen LogP contribution is 2.33. The number of methoxy groups -OCH3 is 2. The lowest BCUT2D eigenvalue weighted by Gasteiger charge is -2.20. The van der Waals surface area contributed by atoms with Gasteiger partial charge >= 0.3 is 5.97 Å². The summed E-state index contributed by atoms with van der Waals surface area (Å²) in [5.74, 6) is -0.820. The van der Waals surface area contributed by atoms with Crippen LogP contribution in [-0.2, 0) is 14.6 Å². The summed E-state index contributed by atoms with van der Waals surface area (Å²) in [6, 6.07) is 11.0. The van der Waals surface area contributed by atoms with E-state index in [0.717, 1.165) is 16.8 Å². The second kappa shape index (κ2) is 9.95. The van der Waals surface area contributed by atoms with Gasteiger partial charge in [0.15, 0.2) is 17.3 Å². The third kappa shape index (κ3) is 4.88. The number of carbonyl (C=O) groups is 2. The Hall–Kier alpha value is -3.97. The van der Waals surface area contributed by atoms with Crippen molar-refractivity contribution in [1.29, 1.82) is 5.41 Å². The lowest BCUT2D eigenvalue weighted by atomic mass is 10.1. The van der Waals surface area contributed by atoms with Gasteiger partial charge in [-0.25, -0.2) is 13.2 Å². The van der Waals surface area contributed by atoms with Crippen LogP contribution in [0.25, 0.3) is 6.08 Å². The topological polar surface area (TPSA) is 148 Å². The SMILES string of the molecule is CCS(=O)(=O)C1=NN2C(=N)C(=Cc3ccc(OC(=O)c4ccc(OC)cc4)c(OC)c3)C(=O)N=C2S1. The van der Waals surface area contributed by atoms with Gasteiger partial charge in [-0.1, -0.05) is 13.0 Å². The minimum Gasteiger partial charge on any atom is -0.497 e. The first-order valence-electron chi connectivity index (χ1n) is 10.4. The van der Waals surface area contributed by atoms with Gasteiger partial charge in [0.25, 0.3) is 5.91 Å². The summed E-state index contributed by atoms with van der Waals surface area (Å²) in [6.07, 6.45) is 1.40. The van der Waals surface area contributed by atoms with E-state index in [0.29, 0.717) is 16.9 Å². The summed E-state index contributed by atoms with van der Waals surface area (Å²) in [5.41, 5.74) is 0.677. The lowest BCUT2D eigenvalue weighted by molar-refractivity contribution is -0.114. The Labute approximate surface area is 210 Å². The molecule has 0 aliphatic carbocycles. The first-order valence-corrected chi connectivity index (χ1v) is 12.9. The summed E-state index contributed by atoms with van der Waals surface area (Å²) in [7, 11) is -0.704. The van der Waals surface area contributed by atoms with Gasteiger partial charge in [-0.05, 0) is 59.8 Å². The molecule has 13 heteroatoms. The zero-order chi connectivity index (χ0) is 26.0. The van der Waals surface area contributed by atoms with Crippen molar-refractivity contribution in [2.45, 2.75) is 6.92 Å². The van der Waals surface area contributed by atoms with E-state index < -0.39 is 21.7 Å². The average Bonchev–Trinajstić information content (AvgIpc) is 3.32. The number of hydrazone groups is 1. The van der Waals surface area contributed by atoms with Crippen LogP contribution >= 0.6 is 11.8 Å². The van der Waals surface area contributed by atoms with Crippen molar-refractivity contribution in [2.75, 3.05) is 20.0 Å². The van der Waals surface area contributed by atoms with Crippen molar-refractivity contribution in [3.05, 3.63) is 59.2 Å². The Bertz CT molecular complexity index is 1460. The fraction of sp³-hybridized carbons (Fsp3) is 0.174. The van der Waals surface area contributed by atoms with Gasteiger partial charge in [0.1, 0.15) is 5.75 Å². The maximum Gasteiger partial charge on any atom is 0.343 e. The molecule has 1 N–H and O–H groups in total. The molecule has 0 saturated carbocycles. The van der Waals surface area contributed by atoms with E-state index in [9.17, 15) is 18.0 Å². The van der Waals surface area contributed by atoms with Crippen molar-refractivity contribution in [2.24, 2.45) is 10.1 Å². The van der Waals surface area contributed by atoms with Crippen molar-refractivity contribution in [1.82, 2.24) is 5.01 Å². The van der Waals surface area contributed by atoms with Gasteiger partial charge in [0, 0.05) is 0 Å².